The maximum Gasteiger partial charge on any atom is 0.256 e. The first kappa shape index (κ1) is 22.2. The SMILES string of the molecule is O=c1[nH]c2c(ccc3[nH]c4ccc(-c5ccccc5)cc4c32)c2cc3c(cc12)[nH]c1ccc(-c2ccccc2)cc13. The summed E-state index contributed by atoms with van der Waals surface area (Å²) < 4.78 is 0. The van der Waals surface area contributed by atoms with Crippen molar-refractivity contribution in [2.24, 2.45) is 0 Å². The van der Waals surface area contributed by atoms with E-state index in [2.05, 4.69) is 118 Å². The molecule has 0 bridgehead atoms. The van der Waals surface area contributed by atoms with Gasteiger partial charge in [0.2, 0.25) is 0 Å². The Morgan fingerprint density at radius 2 is 0.951 bits per heavy atom. The van der Waals surface area contributed by atoms with Crippen LogP contribution >= 0.6 is 0 Å². The molecule has 4 heteroatoms. The van der Waals surface area contributed by atoms with E-state index in [1.165, 1.54) is 16.7 Å². The van der Waals surface area contributed by atoms with E-state index in [-0.39, 0.29) is 5.56 Å². The van der Waals surface area contributed by atoms with E-state index in [4.69, 9.17) is 0 Å². The van der Waals surface area contributed by atoms with Crippen molar-refractivity contribution in [2.45, 2.75) is 0 Å². The average molecular weight is 526 g/mol. The Morgan fingerprint density at radius 3 is 1.66 bits per heavy atom. The second-order valence-electron chi connectivity index (χ2n) is 10.8. The largest absolute Gasteiger partial charge is 0.354 e. The molecule has 4 nitrogen and oxygen atoms in total. The molecule has 0 saturated carbocycles. The molecule has 6 aromatic carbocycles. The number of hydrogen-bond acceptors (Lipinski definition) is 1. The molecule has 0 saturated heterocycles. The fourth-order valence-corrected chi connectivity index (χ4v) is 6.51. The van der Waals surface area contributed by atoms with E-state index in [1.54, 1.807) is 0 Å². The second kappa shape index (κ2) is 8.20. The van der Waals surface area contributed by atoms with Crippen LogP contribution in [0.25, 0.3) is 87.5 Å². The van der Waals surface area contributed by atoms with Crippen molar-refractivity contribution in [2.75, 3.05) is 0 Å². The molecule has 3 heterocycles. The first-order chi connectivity index (χ1) is 20.2. The molecule has 0 amide bonds. The van der Waals surface area contributed by atoms with Gasteiger partial charge in [0.1, 0.15) is 0 Å². The molecule has 192 valence electrons. The molecule has 0 radical (unpaired) electrons. The Hall–Kier alpha value is -5.61. The number of H-pyrrole nitrogens is 3. The minimum atomic E-state index is -0.0842. The zero-order chi connectivity index (χ0) is 27.1. The Balaban J connectivity index is 1.35. The summed E-state index contributed by atoms with van der Waals surface area (Å²) in [6, 6.07) is 42.3. The summed E-state index contributed by atoms with van der Waals surface area (Å²) in [7, 11) is 0. The third-order valence-corrected chi connectivity index (χ3v) is 8.49. The molecule has 0 aliphatic heterocycles. The van der Waals surface area contributed by atoms with Gasteiger partial charge in [0, 0.05) is 54.4 Å². The molecule has 3 N–H and O–H groups in total. The van der Waals surface area contributed by atoms with Crippen LogP contribution in [-0.4, -0.2) is 15.0 Å². The summed E-state index contributed by atoms with van der Waals surface area (Å²) >= 11 is 0. The highest BCUT2D eigenvalue weighted by Crippen LogP contribution is 2.38. The van der Waals surface area contributed by atoms with Crippen LogP contribution in [0.5, 0.6) is 0 Å². The summed E-state index contributed by atoms with van der Waals surface area (Å²) in [5.41, 5.74) is 9.52. The average Bonchev–Trinajstić information content (AvgIpc) is 3.58. The van der Waals surface area contributed by atoms with Gasteiger partial charge in [-0.2, -0.15) is 0 Å². The molecule has 3 aromatic heterocycles. The van der Waals surface area contributed by atoms with Gasteiger partial charge < -0.3 is 15.0 Å². The first-order valence-electron chi connectivity index (χ1n) is 13.8. The fraction of sp³-hybridized carbons (Fsp3) is 0. The van der Waals surface area contributed by atoms with E-state index in [1.807, 2.05) is 18.2 Å². The number of pyridine rings is 1. The monoisotopic (exact) mass is 525 g/mol. The smallest absolute Gasteiger partial charge is 0.256 e. The van der Waals surface area contributed by atoms with E-state index >= 15 is 0 Å². The number of rotatable bonds is 2. The maximum absolute atomic E-state index is 13.6. The van der Waals surface area contributed by atoms with Crippen molar-refractivity contribution >= 4 is 65.3 Å². The van der Waals surface area contributed by atoms with Crippen LogP contribution in [0.1, 0.15) is 0 Å². The van der Waals surface area contributed by atoms with Crippen molar-refractivity contribution in [3.63, 3.8) is 0 Å². The molecule has 0 spiro atoms. The minimum absolute atomic E-state index is 0.0842. The van der Waals surface area contributed by atoms with Crippen LogP contribution in [0.2, 0.25) is 0 Å². The molecule has 0 aliphatic carbocycles. The number of nitrogens with one attached hydrogen (secondary N) is 3. The van der Waals surface area contributed by atoms with Crippen molar-refractivity contribution in [1.82, 2.24) is 15.0 Å². The quantitative estimate of drug-likeness (QED) is 0.194. The Labute approximate surface area is 233 Å². The van der Waals surface area contributed by atoms with E-state index in [9.17, 15) is 4.79 Å². The van der Waals surface area contributed by atoms with Crippen LogP contribution in [-0.2, 0) is 0 Å². The highest BCUT2D eigenvalue weighted by Gasteiger charge is 2.16. The summed E-state index contributed by atoms with van der Waals surface area (Å²) in [4.78, 5) is 24.0. The van der Waals surface area contributed by atoms with Gasteiger partial charge in [-0.25, -0.2) is 0 Å². The Bertz CT molecular complexity index is 2530. The lowest BCUT2D eigenvalue weighted by atomic mass is 9.98. The summed E-state index contributed by atoms with van der Waals surface area (Å²) in [6.07, 6.45) is 0. The summed E-state index contributed by atoms with van der Waals surface area (Å²) in [5.74, 6) is 0. The number of hydrogen-bond donors (Lipinski definition) is 3. The van der Waals surface area contributed by atoms with Crippen LogP contribution in [0.15, 0.2) is 126 Å². The molecule has 0 unspecified atom stereocenters. The predicted octanol–water partition coefficient (Wildman–Crippen LogP) is 9.28. The third-order valence-electron chi connectivity index (χ3n) is 8.49. The molecular formula is C37H23N3O. The molecule has 0 aliphatic rings. The number of aromatic amines is 3. The van der Waals surface area contributed by atoms with E-state index < -0.39 is 0 Å². The van der Waals surface area contributed by atoms with Gasteiger partial charge >= 0.3 is 0 Å². The molecular weight excluding hydrogens is 502 g/mol. The molecule has 9 aromatic rings. The zero-order valence-corrected chi connectivity index (χ0v) is 22.0. The highest BCUT2D eigenvalue weighted by molar-refractivity contribution is 6.25. The number of aromatic nitrogens is 3. The topological polar surface area (TPSA) is 64.4 Å². The normalized spacial score (nSPS) is 12.0. The van der Waals surface area contributed by atoms with E-state index in [0.29, 0.717) is 5.39 Å². The lowest BCUT2D eigenvalue weighted by Gasteiger charge is -2.07. The van der Waals surface area contributed by atoms with Crippen molar-refractivity contribution in [3.05, 3.63) is 132 Å². The summed E-state index contributed by atoms with van der Waals surface area (Å²) in [5, 5.41) is 7.08. The molecule has 9 rings (SSSR count). The standard InChI is InChI=1S/C37H23N3O/c41-37-29-20-34-28(27-17-23(11-14-31(27)39-34)21-7-3-1-4-8-21)19-26(29)25-13-16-33-35(36(25)40-37)30-18-24(12-15-32(30)38-33)22-9-5-2-6-10-22/h1-20,38-39H,(H,40,41). The van der Waals surface area contributed by atoms with Crippen molar-refractivity contribution < 1.29 is 0 Å². The van der Waals surface area contributed by atoms with Crippen molar-refractivity contribution in [1.29, 1.82) is 0 Å². The van der Waals surface area contributed by atoms with Gasteiger partial charge in [0.25, 0.3) is 5.56 Å². The van der Waals surface area contributed by atoms with Gasteiger partial charge in [-0.05, 0) is 70.1 Å². The Morgan fingerprint density at radius 1 is 0.366 bits per heavy atom. The second-order valence-corrected chi connectivity index (χ2v) is 10.8. The highest BCUT2D eigenvalue weighted by atomic mass is 16.1. The van der Waals surface area contributed by atoms with Gasteiger partial charge in [-0.1, -0.05) is 78.9 Å². The van der Waals surface area contributed by atoms with Crippen LogP contribution in [0, 0.1) is 0 Å². The fourth-order valence-electron chi connectivity index (χ4n) is 6.51. The molecule has 0 atom stereocenters. The van der Waals surface area contributed by atoms with Crippen LogP contribution < -0.4 is 5.56 Å². The van der Waals surface area contributed by atoms with Gasteiger partial charge in [0.05, 0.1) is 5.52 Å². The Kier molecular flexibility index (Phi) is 4.44. The van der Waals surface area contributed by atoms with Gasteiger partial charge in [-0.15, -0.1) is 0 Å². The summed E-state index contributed by atoms with van der Waals surface area (Å²) in [6.45, 7) is 0. The van der Waals surface area contributed by atoms with Gasteiger partial charge in [0.15, 0.2) is 0 Å². The first-order valence-corrected chi connectivity index (χ1v) is 13.8. The number of fused-ring (bicyclic) bond motifs is 10. The zero-order valence-electron chi connectivity index (χ0n) is 22.0. The van der Waals surface area contributed by atoms with Crippen LogP contribution in [0.4, 0.5) is 0 Å². The predicted molar refractivity (Wildman–Crippen MR) is 172 cm³/mol. The van der Waals surface area contributed by atoms with E-state index in [0.717, 1.165) is 65.5 Å². The minimum Gasteiger partial charge on any atom is -0.354 e. The van der Waals surface area contributed by atoms with Crippen molar-refractivity contribution in [3.8, 4) is 22.3 Å². The third kappa shape index (κ3) is 3.25. The number of benzene rings is 6. The maximum atomic E-state index is 13.6. The van der Waals surface area contributed by atoms with Gasteiger partial charge in [-0.3, -0.25) is 4.79 Å². The van der Waals surface area contributed by atoms with Crippen LogP contribution in [0.3, 0.4) is 0 Å². The lowest BCUT2D eigenvalue weighted by Crippen LogP contribution is -2.06. The lowest BCUT2D eigenvalue weighted by molar-refractivity contribution is 1.36. The molecule has 0 fully saturated rings. The molecule has 41 heavy (non-hydrogen) atoms.